The molecule has 0 radical (unpaired) electrons. The van der Waals surface area contributed by atoms with Gasteiger partial charge in [0, 0.05) is 18.8 Å². The van der Waals surface area contributed by atoms with E-state index >= 15 is 0 Å². The lowest BCUT2D eigenvalue weighted by Crippen LogP contribution is -2.33. The Morgan fingerprint density at radius 1 is 1.56 bits per heavy atom. The highest BCUT2D eigenvalue weighted by molar-refractivity contribution is 5.95. The van der Waals surface area contributed by atoms with Crippen molar-refractivity contribution < 1.29 is 14.3 Å². The number of nitrogens with one attached hydrogen (secondary N) is 1. The van der Waals surface area contributed by atoms with Crippen molar-refractivity contribution in [3.8, 4) is 0 Å². The van der Waals surface area contributed by atoms with Gasteiger partial charge in [-0.1, -0.05) is 12.1 Å². The average molecular weight is 221 g/mol. The first-order chi connectivity index (χ1) is 7.81. The molecule has 0 aromatic heterocycles. The second-order valence-corrected chi connectivity index (χ2v) is 3.70. The van der Waals surface area contributed by atoms with Crippen LogP contribution in [0.15, 0.2) is 24.3 Å². The van der Waals surface area contributed by atoms with E-state index in [1.54, 1.807) is 6.07 Å². The quantitative estimate of drug-likeness (QED) is 0.786. The van der Waals surface area contributed by atoms with Gasteiger partial charge in [0.25, 0.3) is 0 Å². The second-order valence-electron chi connectivity index (χ2n) is 3.70. The zero-order valence-electron chi connectivity index (χ0n) is 9.23. The van der Waals surface area contributed by atoms with Crippen molar-refractivity contribution >= 4 is 11.7 Å². The molecule has 0 amide bonds. The third-order valence-electron chi connectivity index (χ3n) is 2.65. The highest BCUT2D eigenvalue weighted by Gasteiger charge is 2.18. The molecule has 4 nitrogen and oxygen atoms in total. The van der Waals surface area contributed by atoms with Crippen molar-refractivity contribution in [3.05, 3.63) is 29.8 Å². The Morgan fingerprint density at radius 3 is 2.94 bits per heavy atom. The van der Waals surface area contributed by atoms with E-state index in [0.717, 1.165) is 25.3 Å². The Hall–Kier alpha value is -1.55. The minimum Gasteiger partial charge on any atom is -0.465 e. The lowest BCUT2D eigenvalue weighted by molar-refractivity contribution is -0.0410. The maximum atomic E-state index is 11.5. The highest BCUT2D eigenvalue weighted by Crippen LogP contribution is 2.18. The van der Waals surface area contributed by atoms with E-state index in [9.17, 15) is 4.79 Å². The van der Waals surface area contributed by atoms with Crippen LogP contribution in [-0.2, 0) is 9.47 Å². The van der Waals surface area contributed by atoms with Crippen LogP contribution in [0, 0.1) is 0 Å². The molecule has 2 rings (SSSR count). The summed E-state index contributed by atoms with van der Waals surface area (Å²) in [6, 6.07) is 7.31. The summed E-state index contributed by atoms with van der Waals surface area (Å²) in [6.45, 7) is 1.57. The summed E-state index contributed by atoms with van der Waals surface area (Å²) in [4.78, 5) is 11.5. The van der Waals surface area contributed by atoms with Crippen LogP contribution < -0.4 is 5.32 Å². The predicted octanol–water partition coefficient (Wildman–Crippen LogP) is 1.67. The van der Waals surface area contributed by atoms with Crippen LogP contribution in [0.4, 0.5) is 5.69 Å². The van der Waals surface area contributed by atoms with Gasteiger partial charge in [0.2, 0.25) is 0 Å². The zero-order valence-corrected chi connectivity index (χ0v) is 9.23. The first-order valence-electron chi connectivity index (χ1n) is 5.34. The van der Waals surface area contributed by atoms with Gasteiger partial charge in [0.1, 0.15) is 0 Å². The summed E-state index contributed by atoms with van der Waals surface area (Å²) in [7, 11) is 1.38. The fourth-order valence-electron chi connectivity index (χ4n) is 1.59. The van der Waals surface area contributed by atoms with E-state index in [-0.39, 0.29) is 12.1 Å². The second kappa shape index (κ2) is 4.99. The molecule has 1 aromatic carbocycles. The molecule has 1 saturated heterocycles. The van der Waals surface area contributed by atoms with Crippen LogP contribution in [0.2, 0.25) is 0 Å². The highest BCUT2D eigenvalue weighted by atomic mass is 16.5. The zero-order chi connectivity index (χ0) is 11.4. The van der Waals surface area contributed by atoms with Crippen LogP contribution in [0.25, 0.3) is 0 Å². The number of hydrogen-bond donors (Lipinski definition) is 1. The van der Waals surface area contributed by atoms with Crippen molar-refractivity contribution in [2.24, 2.45) is 0 Å². The van der Waals surface area contributed by atoms with Crippen molar-refractivity contribution in [2.45, 2.75) is 12.5 Å². The Morgan fingerprint density at radius 2 is 2.31 bits per heavy atom. The smallest absolute Gasteiger partial charge is 0.339 e. The molecule has 86 valence electrons. The molecule has 1 N–H and O–H groups in total. The fourth-order valence-corrected chi connectivity index (χ4v) is 1.59. The van der Waals surface area contributed by atoms with E-state index in [1.807, 2.05) is 18.2 Å². The molecule has 4 heteroatoms. The number of benzene rings is 1. The molecule has 0 bridgehead atoms. The third-order valence-corrected chi connectivity index (χ3v) is 2.65. The van der Waals surface area contributed by atoms with Crippen LogP contribution in [0.3, 0.4) is 0 Å². The van der Waals surface area contributed by atoms with Gasteiger partial charge >= 0.3 is 5.97 Å². The number of rotatable bonds is 4. The Labute approximate surface area is 94.6 Å². The van der Waals surface area contributed by atoms with Gasteiger partial charge in [-0.3, -0.25) is 0 Å². The molecule has 1 fully saturated rings. The molecule has 0 aliphatic carbocycles. The number of carbonyl (C=O) groups excluding carboxylic acids is 1. The van der Waals surface area contributed by atoms with Gasteiger partial charge in [-0.25, -0.2) is 4.79 Å². The number of carbonyl (C=O) groups is 1. The number of esters is 1. The molecular weight excluding hydrogens is 206 g/mol. The summed E-state index contributed by atoms with van der Waals surface area (Å²) in [6.07, 6.45) is 1.35. The largest absolute Gasteiger partial charge is 0.465 e. The van der Waals surface area contributed by atoms with Crippen LogP contribution in [-0.4, -0.2) is 32.3 Å². The van der Waals surface area contributed by atoms with Crippen molar-refractivity contribution in [2.75, 3.05) is 25.6 Å². The van der Waals surface area contributed by atoms with E-state index in [1.165, 1.54) is 7.11 Å². The standard InChI is InChI=1S/C12H15NO3/c1-15-12(14)10-4-2-3-5-11(10)13-8-9-6-7-16-9/h2-5,9,13H,6-8H2,1H3. The first kappa shape index (κ1) is 11.0. The molecule has 1 heterocycles. The van der Waals surface area contributed by atoms with Gasteiger partial charge < -0.3 is 14.8 Å². The molecule has 1 unspecified atom stereocenters. The van der Waals surface area contributed by atoms with Crippen LogP contribution in [0.1, 0.15) is 16.8 Å². The first-order valence-corrected chi connectivity index (χ1v) is 5.34. The normalized spacial score (nSPS) is 18.7. The molecule has 1 aromatic rings. The lowest BCUT2D eigenvalue weighted by Gasteiger charge is -2.27. The maximum Gasteiger partial charge on any atom is 0.339 e. The van der Waals surface area contributed by atoms with E-state index < -0.39 is 0 Å². The maximum absolute atomic E-state index is 11.5. The van der Waals surface area contributed by atoms with E-state index in [0.29, 0.717) is 5.56 Å². The number of methoxy groups -OCH3 is 1. The number of para-hydroxylation sites is 1. The average Bonchev–Trinajstić information content (AvgIpc) is 2.26. The van der Waals surface area contributed by atoms with Crippen LogP contribution in [0.5, 0.6) is 0 Å². The van der Waals surface area contributed by atoms with E-state index in [2.05, 4.69) is 5.32 Å². The predicted molar refractivity (Wildman–Crippen MR) is 60.6 cm³/mol. The van der Waals surface area contributed by atoms with E-state index in [4.69, 9.17) is 9.47 Å². The number of anilines is 1. The van der Waals surface area contributed by atoms with Crippen molar-refractivity contribution in [1.29, 1.82) is 0 Å². The molecule has 16 heavy (non-hydrogen) atoms. The minimum absolute atomic E-state index is 0.269. The van der Waals surface area contributed by atoms with Crippen molar-refractivity contribution in [1.82, 2.24) is 0 Å². The summed E-state index contributed by atoms with van der Waals surface area (Å²) in [5.74, 6) is -0.322. The molecule has 1 aliphatic rings. The Kier molecular flexibility index (Phi) is 3.41. The summed E-state index contributed by atoms with van der Waals surface area (Å²) in [5, 5.41) is 3.20. The van der Waals surface area contributed by atoms with Gasteiger partial charge in [-0.05, 0) is 18.6 Å². The summed E-state index contributed by atoms with van der Waals surface area (Å²) >= 11 is 0. The Balaban J connectivity index is 2.03. The molecule has 0 saturated carbocycles. The Bertz CT molecular complexity index is 374. The van der Waals surface area contributed by atoms with Gasteiger partial charge in [0.15, 0.2) is 0 Å². The fraction of sp³-hybridized carbons (Fsp3) is 0.417. The lowest BCUT2D eigenvalue weighted by atomic mass is 10.1. The molecule has 1 atom stereocenters. The number of ether oxygens (including phenoxy) is 2. The van der Waals surface area contributed by atoms with Crippen molar-refractivity contribution in [3.63, 3.8) is 0 Å². The summed E-state index contributed by atoms with van der Waals surface area (Å²) in [5.41, 5.74) is 1.36. The monoisotopic (exact) mass is 221 g/mol. The van der Waals surface area contributed by atoms with Crippen LogP contribution >= 0.6 is 0 Å². The molecule has 1 aliphatic heterocycles. The number of hydrogen-bond acceptors (Lipinski definition) is 4. The molecule has 0 spiro atoms. The van der Waals surface area contributed by atoms with Gasteiger partial charge in [-0.15, -0.1) is 0 Å². The minimum atomic E-state index is -0.322. The third kappa shape index (κ3) is 2.33. The SMILES string of the molecule is COC(=O)c1ccccc1NCC1CCO1. The topological polar surface area (TPSA) is 47.6 Å². The van der Waals surface area contributed by atoms with Gasteiger partial charge in [-0.2, -0.15) is 0 Å². The summed E-state index contributed by atoms with van der Waals surface area (Å²) < 4.78 is 10.0. The van der Waals surface area contributed by atoms with Gasteiger partial charge in [0.05, 0.1) is 18.8 Å². The molecular formula is C12H15NO3.